The lowest BCUT2D eigenvalue weighted by Gasteiger charge is -1.88. The molecule has 0 heterocycles. The first-order valence-electron chi connectivity index (χ1n) is 2.61. The van der Waals surface area contributed by atoms with Crippen molar-refractivity contribution >= 4 is 23.0 Å². The Labute approximate surface area is 59.8 Å². The molecule has 0 aromatic carbocycles. The van der Waals surface area contributed by atoms with Gasteiger partial charge in [0.1, 0.15) is 5.17 Å². The number of hydrogen-bond acceptors (Lipinski definition) is 2. The van der Waals surface area contributed by atoms with Gasteiger partial charge in [-0.3, -0.25) is 10.4 Å². The van der Waals surface area contributed by atoms with E-state index in [0.717, 1.165) is 0 Å². The van der Waals surface area contributed by atoms with Crippen LogP contribution in [0.3, 0.4) is 0 Å². The molecule has 0 aliphatic carbocycles. The van der Waals surface area contributed by atoms with E-state index in [0.29, 0.717) is 12.1 Å². The van der Waals surface area contributed by atoms with Crippen LogP contribution in [0.5, 0.6) is 0 Å². The minimum absolute atomic E-state index is 0.0489. The van der Waals surface area contributed by atoms with Crippen molar-refractivity contribution in [2.45, 2.75) is 6.92 Å². The standard InChI is InChI=1S/C6H9ClN2/c1-3-9-4-5(2)6(7)8/h4,8H,2-3H2,1H3. The third kappa shape index (κ3) is 3.91. The Morgan fingerprint density at radius 2 is 2.44 bits per heavy atom. The summed E-state index contributed by atoms with van der Waals surface area (Å²) in [7, 11) is 0. The van der Waals surface area contributed by atoms with E-state index in [9.17, 15) is 0 Å². The SMILES string of the molecule is C=C(C=NCC)C(=N)Cl. The second-order valence-corrected chi connectivity index (χ2v) is 1.85. The summed E-state index contributed by atoms with van der Waals surface area (Å²) in [6.45, 7) is 6.09. The first-order valence-corrected chi connectivity index (χ1v) is 2.99. The van der Waals surface area contributed by atoms with Gasteiger partial charge in [0.2, 0.25) is 0 Å². The number of aliphatic imine (C=N–C) groups is 1. The van der Waals surface area contributed by atoms with Gasteiger partial charge in [-0.2, -0.15) is 0 Å². The van der Waals surface area contributed by atoms with E-state index in [1.807, 2.05) is 6.92 Å². The van der Waals surface area contributed by atoms with E-state index in [-0.39, 0.29) is 5.17 Å². The van der Waals surface area contributed by atoms with Crippen LogP contribution in [-0.2, 0) is 0 Å². The maximum Gasteiger partial charge on any atom is 0.129 e. The first kappa shape index (κ1) is 8.37. The van der Waals surface area contributed by atoms with Gasteiger partial charge in [-0.1, -0.05) is 18.2 Å². The number of nitrogens with zero attached hydrogens (tertiary/aromatic N) is 1. The Morgan fingerprint density at radius 1 is 1.89 bits per heavy atom. The first-order chi connectivity index (χ1) is 4.18. The predicted octanol–water partition coefficient (Wildman–Crippen LogP) is 1.85. The molecule has 0 aromatic heterocycles. The van der Waals surface area contributed by atoms with Crippen LogP contribution in [0, 0.1) is 5.41 Å². The maximum absolute atomic E-state index is 6.85. The minimum Gasteiger partial charge on any atom is -0.293 e. The molecule has 9 heavy (non-hydrogen) atoms. The summed E-state index contributed by atoms with van der Waals surface area (Å²) in [5, 5.41) is 6.80. The maximum atomic E-state index is 6.85. The molecule has 0 bridgehead atoms. The Balaban J connectivity index is 3.77. The van der Waals surface area contributed by atoms with Crippen LogP contribution in [0.4, 0.5) is 0 Å². The van der Waals surface area contributed by atoms with E-state index in [1.54, 1.807) is 0 Å². The number of allylic oxidation sites excluding steroid dienone is 1. The van der Waals surface area contributed by atoms with Crippen molar-refractivity contribution in [1.29, 1.82) is 5.41 Å². The molecular formula is C6H9ClN2. The topological polar surface area (TPSA) is 36.2 Å². The van der Waals surface area contributed by atoms with Crippen molar-refractivity contribution < 1.29 is 0 Å². The van der Waals surface area contributed by atoms with Gasteiger partial charge in [-0.15, -0.1) is 0 Å². The van der Waals surface area contributed by atoms with Gasteiger partial charge >= 0.3 is 0 Å². The highest BCUT2D eigenvalue weighted by Gasteiger charge is 1.90. The molecule has 0 aliphatic heterocycles. The van der Waals surface area contributed by atoms with Crippen LogP contribution in [0.25, 0.3) is 0 Å². The van der Waals surface area contributed by atoms with E-state index in [1.165, 1.54) is 6.21 Å². The zero-order chi connectivity index (χ0) is 7.28. The second-order valence-electron chi connectivity index (χ2n) is 1.47. The van der Waals surface area contributed by atoms with Crippen LogP contribution in [-0.4, -0.2) is 17.9 Å². The number of hydrogen-bond donors (Lipinski definition) is 1. The van der Waals surface area contributed by atoms with Crippen LogP contribution >= 0.6 is 11.6 Å². The monoisotopic (exact) mass is 144 g/mol. The Hall–Kier alpha value is -0.630. The Morgan fingerprint density at radius 3 is 2.78 bits per heavy atom. The Bertz CT molecular complexity index is 149. The largest absolute Gasteiger partial charge is 0.293 e. The summed E-state index contributed by atoms with van der Waals surface area (Å²) < 4.78 is 0. The number of nitrogens with one attached hydrogen (secondary N) is 1. The van der Waals surface area contributed by atoms with Crippen LogP contribution < -0.4 is 0 Å². The fourth-order valence-electron chi connectivity index (χ4n) is 0.258. The molecule has 2 nitrogen and oxygen atoms in total. The molecule has 0 spiro atoms. The predicted molar refractivity (Wildman–Crippen MR) is 41.8 cm³/mol. The van der Waals surface area contributed by atoms with E-state index >= 15 is 0 Å². The molecular weight excluding hydrogens is 136 g/mol. The van der Waals surface area contributed by atoms with Crippen LogP contribution in [0.2, 0.25) is 0 Å². The highest BCUT2D eigenvalue weighted by atomic mass is 35.5. The lowest BCUT2D eigenvalue weighted by molar-refractivity contribution is 1.14. The van der Waals surface area contributed by atoms with Gasteiger partial charge in [0.05, 0.1) is 0 Å². The lowest BCUT2D eigenvalue weighted by atomic mass is 10.4. The molecule has 0 unspecified atom stereocenters. The molecule has 0 saturated heterocycles. The molecule has 1 N–H and O–H groups in total. The molecule has 0 aromatic rings. The Kier molecular flexibility index (Phi) is 3.97. The van der Waals surface area contributed by atoms with E-state index in [2.05, 4.69) is 11.6 Å². The molecule has 3 heteroatoms. The average molecular weight is 145 g/mol. The van der Waals surface area contributed by atoms with Crippen LogP contribution in [0.15, 0.2) is 17.1 Å². The summed E-state index contributed by atoms with van der Waals surface area (Å²) in [5.41, 5.74) is 0.457. The summed E-state index contributed by atoms with van der Waals surface area (Å²) in [5.74, 6) is 0. The van der Waals surface area contributed by atoms with Crippen molar-refractivity contribution in [1.82, 2.24) is 0 Å². The molecule has 0 amide bonds. The summed E-state index contributed by atoms with van der Waals surface area (Å²) in [4.78, 5) is 3.84. The fourth-order valence-corrected chi connectivity index (χ4v) is 0.307. The number of halogens is 1. The van der Waals surface area contributed by atoms with E-state index in [4.69, 9.17) is 17.0 Å². The van der Waals surface area contributed by atoms with E-state index < -0.39 is 0 Å². The van der Waals surface area contributed by atoms with Crippen molar-refractivity contribution in [2.75, 3.05) is 6.54 Å². The fraction of sp³-hybridized carbons (Fsp3) is 0.333. The highest BCUT2D eigenvalue weighted by Crippen LogP contribution is 1.92. The highest BCUT2D eigenvalue weighted by molar-refractivity contribution is 6.70. The van der Waals surface area contributed by atoms with Gasteiger partial charge in [0, 0.05) is 18.3 Å². The van der Waals surface area contributed by atoms with Crippen LogP contribution in [0.1, 0.15) is 6.92 Å². The molecule has 0 atom stereocenters. The van der Waals surface area contributed by atoms with Gasteiger partial charge < -0.3 is 0 Å². The minimum atomic E-state index is -0.0489. The zero-order valence-corrected chi connectivity index (χ0v) is 6.07. The zero-order valence-electron chi connectivity index (χ0n) is 5.32. The molecule has 0 aliphatic rings. The molecule has 0 fully saturated rings. The summed E-state index contributed by atoms with van der Waals surface area (Å²) in [6, 6.07) is 0. The van der Waals surface area contributed by atoms with Gasteiger partial charge in [-0.05, 0) is 6.92 Å². The van der Waals surface area contributed by atoms with Crippen molar-refractivity contribution in [3.05, 3.63) is 12.2 Å². The third-order valence-corrected chi connectivity index (χ3v) is 0.954. The van der Waals surface area contributed by atoms with Gasteiger partial charge in [0.15, 0.2) is 0 Å². The lowest BCUT2D eigenvalue weighted by Crippen LogP contribution is -1.91. The second kappa shape index (κ2) is 4.27. The average Bonchev–Trinajstić information content (AvgIpc) is 1.82. The molecule has 0 radical (unpaired) electrons. The smallest absolute Gasteiger partial charge is 0.129 e. The van der Waals surface area contributed by atoms with Crippen molar-refractivity contribution in [3.63, 3.8) is 0 Å². The van der Waals surface area contributed by atoms with Gasteiger partial charge in [0.25, 0.3) is 0 Å². The van der Waals surface area contributed by atoms with Crippen molar-refractivity contribution in [3.8, 4) is 0 Å². The normalized spacial score (nSPS) is 10.0. The quantitative estimate of drug-likeness (QED) is 0.587. The summed E-state index contributed by atoms with van der Waals surface area (Å²) in [6.07, 6.45) is 1.50. The summed E-state index contributed by atoms with van der Waals surface area (Å²) >= 11 is 5.26. The molecule has 50 valence electrons. The third-order valence-electron chi connectivity index (χ3n) is 0.712. The number of rotatable bonds is 3. The van der Waals surface area contributed by atoms with Gasteiger partial charge in [-0.25, -0.2) is 0 Å². The van der Waals surface area contributed by atoms with Crippen molar-refractivity contribution in [2.24, 2.45) is 4.99 Å². The molecule has 0 rings (SSSR count). The molecule has 0 saturated carbocycles.